The Morgan fingerprint density at radius 2 is 1.79 bits per heavy atom. The Hall–Kier alpha value is -2.44. The van der Waals surface area contributed by atoms with Crippen molar-refractivity contribution in [1.29, 1.82) is 0 Å². The molecule has 1 amide bonds. The van der Waals surface area contributed by atoms with E-state index in [2.05, 4.69) is 10.5 Å². The van der Waals surface area contributed by atoms with Crippen LogP contribution in [0.3, 0.4) is 0 Å². The van der Waals surface area contributed by atoms with E-state index in [4.69, 9.17) is 0 Å². The molecule has 3 rings (SSSR count). The molecule has 1 atom stereocenters. The van der Waals surface area contributed by atoms with E-state index >= 15 is 0 Å². The van der Waals surface area contributed by atoms with Crippen LogP contribution in [0.2, 0.25) is 0 Å². The van der Waals surface area contributed by atoms with Gasteiger partial charge in [-0.05, 0) is 37.5 Å². The number of fused-ring (bicyclic) bond motifs is 1. The molecular weight excluding hydrogens is 322 g/mol. The van der Waals surface area contributed by atoms with Gasteiger partial charge in [0.1, 0.15) is 0 Å². The molecule has 0 bridgehead atoms. The summed E-state index contributed by atoms with van der Waals surface area (Å²) < 4.78 is 1.66. The van der Waals surface area contributed by atoms with E-state index in [1.165, 1.54) is 11.9 Å². The summed E-state index contributed by atoms with van der Waals surface area (Å²) in [6.07, 6.45) is 0. The van der Waals surface area contributed by atoms with Crippen molar-refractivity contribution < 1.29 is 9.59 Å². The molecule has 2 aromatic rings. The molecule has 0 fully saturated rings. The molecule has 6 heteroatoms. The second kappa shape index (κ2) is 6.98. The van der Waals surface area contributed by atoms with Crippen LogP contribution in [-0.2, 0) is 4.79 Å². The number of Topliss-reactive ketones (excluding diaryl/α,β-unsaturated/α-hetero) is 1. The fourth-order valence-electron chi connectivity index (χ4n) is 2.50. The predicted molar refractivity (Wildman–Crippen MR) is 95.0 cm³/mol. The van der Waals surface area contributed by atoms with Crippen molar-refractivity contribution >= 4 is 29.4 Å². The van der Waals surface area contributed by atoms with Crippen molar-refractivity contribution in [2.24, 2.45) is 5.10 Å². The lowest BCUT2D eigenvalue weighted by atomic mass is 10.0. The Balaban J connectivity index is 1.77. The molecule has 0 saturated carbocycles. The van der Waals surface area contributed by atoms with Crippen LogP contribution in [0.4, 0.5) is 0 Å². The van der Waals surface area contributed by atoms with Crippen LogP contribution in [0.25, 0.3) is 0 Å². The Morgan fingerprint density at radius 3 is 2.54 bits per heavy atom. The Labute approximate surface area is 144 Å². The number of carbonyl (C=O) groups excluding carboxylic acids is 2. The summed E-state index contributed by atoms with van der Waals surface area (Å²) >= 11 is 1.39. The van der Waals surface area contributed by atoms with Gasteiger partial charge in [0.15, 0.2) is 11.8 Å². The van der Waals surface area contributed by atoms with Crippen LogP contribution in [0.5, 0.6) is 0 Å². The van der Waals surface area contributed by atoms with Crippen molar-refractivity contribution in [1.82, 2.24) is 9.73 Å². The molecule has 0 aliphatic carbocycles. The third-order valence-electron chi connectivity index (χ3n) is 3.78. The van der Waals surface area contributed by atoms with E-state index in [1.807, 2.05) is 49.4 Å². The predicted octanol–water partition coefficient (Wildman–Crippen LogP) is 2.73. The first-order chi connectivity index (χ1) is 11.6. The van der Waals surface area contributed by atoms with Gasteiger partial charge in [-0.3, -0.25) is 9.59 Å². The molecule has 0 spiro atoms. The maximum atomic E-state index is 12.6. The summed E-state index contributed by atoms with van der Waals surface area (Å²) in [5.74, 6) is -0.642. The Bertz CT molecular complexity index is 805. The molecule has 1 aliphatic rings. The monoisotopic (exact) mass is 339 g/mol. The Kier molecular flexibility index (Phi) is 4.78. The molecule has 0 aromatic heterocycles. The average molecular weight is 339 g/mol. The number of carbonyl (C=O) groups is 2. The third kappa shape index (κ3) is 3.25. The normalized spacial score (nSPS) is 18.2. The number of nitrogens with one attached hydrogen (secondary N) is 1. The summed E-state index contributed by atoms with van der Waals surface area (Å²) in [5.41, 5.74) is 4.69. The van der Waals surface area contributed by atoms with Crippen molar-refractivity contribution in [3.8, 4) is 0 Å². The number of likely N-dealkylation sites (N-methyl/N-ethyl adjacent to an activating group) is 1. The number of hydrogen-bond donors (Lipinski definition) is 1. The first kappa shape index (κ1) is 16.4. The fourth-order valence-corrected chi connectivity index (χ4v) is 3.51. The van der Waals surface area contributed by atoms with Crippen molar-refractivity contribution in [2.45, 2.75) is 17.9 Å². The Morgan fingerprint density at radius 1 is 1.12 bits per heavy atom. The van der Waals surface area contributed by atoms with Crippen LogP contribution in [0.1, 0.15) is 22.8 Å². The van der Waals surface area contributed by atoms with Gasteiger partial charge in [0.2, 0.25) is 0 Å². The number of amides is 1. The van der Waals surface area contributed by atoms with Gasteiger partial charge in [0.25, 0.3) is 5.91 Å². The van der Waals surface area contributed by atoms with Crippen LogP contribution >= 0.6 is 11.9 Å². The zero-order valence-electron chi connectivity index (χ0n) is 13.4. The van der Waals surface area contributed by atoms with Crippen LogP contribution in [-0.4, -0.2) is 34.8 Å². The summed E-state index contributed by atoms with van der Waals surface area (Å²) in [6, 6.07) is 16.0. The molecule has 0 saturated heterocycles. The zero-order chi connectivity index (χ0) is 17.1. The lowest BCUT2D eigenvalue weighted by Gasteiger charge is -2.29. The summed E-state index contributed by atoms with van der Waals surface area (Å²) in [5, 5.41) is 4.12. The molecule has 24 heavy (non-hydrogen) atoms. The quantitative estimate of drug-likeness (QED) is 0.404. The van der Waals surface area contributed by atoms with Crippen LogP contribution < -0.4 is 5.43 Å². The van der Waals surface area contributed by atoms with Crippen LogP contribution in [0.15, 0.2) is 64.6 Å². The van der Waals surface area contributed by atoms with Gasteiger partial charge in [0, 0.05) is 10.5 Å². The number of ketones is 1. The third-order valence-corrected chi connectivity index (χ3v) is 4.83. The van der Waals surface area contributed by atoms with Crippen LogP contribution in [0, 0.1) is 0 Å². The second-order valence-corrected chi connectivity index (χ2v) is 6.64. The highest BCUT2D eigenvalue weighted by Gasteiger charge is 2.37. The van der Waals surface area contributed by atoms with Crippen molar-refractivity contribution in [2.75, 3.05) is 7.05 Å². The lowest BCUT2D eigenvalue weighted by molar-refractivity contribution is -0.123. The number of nitrogens with zero attached hydrogens (tertiary/aromatic N) is 2. The van der Waals surface area contributed by atoms with E-state index < -0.39 is 11.9 Å². The largest absolute Gasteiger partial charge is 0.292 e. The molecular formula is C18H17N3O2S. The highest BCUT2D eigenvalue weighted by atomic mass is 32.2. The second-order valence-electron chi connectivity index (χ2n) is 5.44. The molecule has 1 unspecified atom stereocenters. The highest BCUT2D eigenvalue weighted by molar-refractivity contribution is 7.97. The summed E-state index contributed by atoms with van der Waals surface area (Å²) in [6.45, 7) is 1.81. The SMILES string of the molecule is CC(=NNC(=O)C1C(=O)c2ccccc2SN1C)c1ccccc1. The first-order valence-electron chi connectivity index (χ1n) is 7.51. The number of rotatable bonds is 3. The minimum absolute atomic E-state index is 0.211. The van der Waals surface area contributed by atoms with Gasteiger partial charge < -0.3 is 0 Å². The molecule has 5 nitrogen and oxygen atoms in total. The van der Waals surface area contributed by atoms with Gasteiger partial charge in [0.05, 0.1) is 5.71 Å². The lowest BCUT2D eigenvalue weighted by Crippen LogP contribution is -2.48. The zero-order valence-corrected chi connectivity index (χ0v) is 14.2. The molecule has 2 aromatic carbocycles. The standard InChI is InChI=1S/C18H17N3O2S/c1-12(13-8-4-3-5-9-13)19-20-18(23)16-17(22)14-10-6-7-11-15(14)24-21(16)2/h3-11,16H,1-2H3,(H,20,23). The van der Waals surface area contributed by atoms with Crippen molar-refractivity contribution in [3.63, 3.8) is 0 Å². The van der Waals surface area contributed by atoms with Gasteiger partial charge in [-0.25, -0.2) is 9.73 Å². The number of benzene rings is 2. The molecule has 122 valence electrons. The fraction of sp³-hybridized carbons (Fsp3) is 0.167. The van der Waals surface area contributed by atoms with E-state index in [0.29, 0.717) is 11.3 Å². The van der Waals surface area contributed by atoms with Gasteiger partial charge in [-0.2, -0.15) is 5.10 Å². The van der Waals surface area contributed by atoms with Crippen molar-refractivity contribution in [3.05, 3.63) is 65.7 Å². The summed E-state index contributed by atoms with van der Waals surface area (Å²) in [4.78, 5) is 25.9. The maximum absolute atomic E-state index is 12.6. The van der Waals surface area contributed by atoms with E-state index in [9.17, 15) is 9.59 Å². The minimum Gasteiger partial charge on any atom is -0.292 e. The summed E-state index contributed by atoms with van der Waals surface area (Å²) in [7, 11) is 1.73. The van der Waals surface area contributed by atoms with E-state index in [-0.39, 0.29) is 5.78 Å². The van der Waals surface area contributed by atoms with Gasteiger partial charge >= 0.3 is 0 Å². The van der Waals surface area contributed by atoms with Gasteiger partial charge in [-0.1, -0.05) is 48.5 Å². The highest BCUT2D eigenvalue weighted by Crippen LogP contribution is 2.33. The topological polar surface area (TPSA) is 61.8 Å². The minimum atomic E-state index is -0.891. The maximum Gasteiger partial charge on any atom is 0.266 e. The molecule has 1 aliphatic heterocycles. The average Bonchev–Trinajstić information content (AvgIpc) is 2.60. The number of hydrazone groups is 1. The smallest absolute Gasteiger partial charge is 0.266 e. The first-order valence-corrected chi connectivity index (χ1v) is 8.29. The van der Waals surface area contributed by atoms with E-state index in [0.717, 1.165) is 10.5 Å². The molecule has 1 N–H and O–H groups in total. The molecule has 0 radical (unpaired) electrons. The molecule has 1 heterocycles. The number of hydrogen-bond acceptors (Lipinski definition) is 5. The van der Waals surface area contributed by atoms with Gasteiger partial charge in [-0.15, -0.1) is 0 Å². The van der Waals surface area contributed by atoms with E-state index in [1.54, 1.807) is 23.5 Å².